The Morgan fingerprint density at radius 2 is 1.51 bits per heavy atom. The molecule has 5 rings (SSSR count). The van der Waals surface area contributed by atoms with Crippen LogP contribution < -0.4 is 9.64 Å². The molecule has 0 bridgehead atoms. The second kappa shape index (κ2) is 10.8. The first kappa shape index (κ1) is 23.1. The van der Waals surface area contributed by atoms with Crippen LogP contribution in [0.1, 0.15) is 11.1 Å². The quantitative estimate of drug-likeness (QED) is 0.234. The van der Waals surface area contributed by atoms with Crippen molar-refractivity contribution < 1.29 is 9.53 Å². The number of amides is 1. The predicted molar refractivity (Wildman–Crippen MR) is 148 cm³/mol. The standard InChI is InChI=1S/C29H21BrN2O2S/c30-25-18-22(16-17-26(25)34-20-21-10-4-1-5-11-21)19-27-28(33)32(24-14-8-3-9-15-24)29(35-27)31-23-12-6-2-7-13-23/h1-19H,20H2/b27-19+,31-29?. The smallest absolute Gasteiger partial charge is 0.271 e. The molecule has 4 aromatic rings. The van der Waals surface area contributed by atoms with Crippen molar-refractivity contribution in [1.29, 1.82) is 0 Å². The molecule has 6 heteroatoms. The zero-order valence-electron chi connectivity index (χ0n) is 18.7. The largest absolute Gasteiger partial charge is 0.488 e. The maximum Gasteiger partial charge on any atom is 0.271 e. The Morgan fingerprint density at radius 1 is 0.857 bits per heavy atom. The Hall–Kier alpha value is -3.61. The van der Waals surface area contributed by atoms with Crippen LogP contribution in [0.2, 0.25) is 0 Å². The zero-order chi connectivity index (χ0) is 24.0. The summed E-state index contributed by atoms with van der Waals surface area (Å²) in [6.45, 7) is 0.486. The number of carbonyl (C=O) groups is 1. The van der Waals surface area contributed by atoms with Gasteiger partial charge in [-0.2, -0.15) is 0 Å². The fourth-order valence-corrected chi connectivity index (χ4v) is 5.09. The van der Waals surface area contributed by atoms with Gasteiger partial charge in [-0.1, -0.05) is 72.8 Å². The Labute approximate surface area is 217 Å². The highest BCUT2D eigenvalue weighted by Crippen LogP contribution is 2.38. The molecule has 0 spiro atoms. The molecule has 1 fully saturated rings. The van der Waals surface area contributed by atoms with Gasteiger partial charge in [-0.05, 0) is 81.3 Å². The molecule has 0 unspecified atom stereocenters. The number of anilines is 1. The third kappa shape index (κ3) is 5.56. The number of halogens is 1. The average Bonchev–Trinajstić information content (AvgIpc) is 3.19. The van der Waals surface area contributed by atoms with Gasteiger partial charge in [-0.15, -0.1) is 0 Å². The number of benzene rings is 4. The van der Waals surface area contributed by atoms with Gasteiger partial charge in [0.15, 0.2) is 5.17 Å². The summed E-state index contributed by atoms with van der Waals surface area (Å²) in [7, 11) is 0. The molecule has 4 nitrogen and oxygen atoms in total. The van der Waals surface area contributed by atoms with E-state index >= 15 is 0 Å². The van der Waals surface area contributed by atoms with Gasteiger partial charge in [0.25, 0.3) is 5.91 Å². The molecule has 0 atom stereocenters. The van der Waals surface area contributed by atoms with Gasteiger partial charge >= 0.3 is 0 Å². The number of aliphatic imine (C=N–C) groups is 1. The number of carbonyl (C=O) groups excluding carboxylic acids is 1. The van der Waals surface area contributed by atoms with E-state index in [4.69, 9.17) is 9.73 Å². The SMILES string of the molecule is O=C1/C(=C\c2ccc(OCc3ccccc3)c(Br)c2)SC(=Nc2ccccc2)N1c1ccccc1. The van der Waals surface area contributed by atoms with E-state index < -0.39 is 0 Å². The minimum Gasteiger partial charge on any atom is -0.488 e. The number of thioether (sulfide) groups is 1. The lowest BCUT2D eigenvalue weighted by Crippen LogP contribution is -2.28. The van der Waals surface area contributed by atoms with Crippen molar-refractivity contribution in [3.05, 3.63) is 130 Å². The molecule has 1 aliphatic rings. The first-order valence-electron chi connectivity index (χ1n) is 11.1. The van der Waals surface area contributed by atoms with Crippen LogP contribution in [0.4, 0.5) is 11.4 Å². The molecule has 1 saturated heterocycles. The first-order valence-corrected chi connectivity index (χ1v) is 12.7. The molecule has 0 saturated carbocycles. The molecular formula is C29H21BrN2O2S. The van der Waals surface area contributed by atoms with E-state index in [9.17, 15) is 4.79 Å². The molecule has 1 aliphatic heterocycles. The van der Waals surface area contributed by atoms with E-state index in [1.807, 2.05) is 115 Å². The molecule has 0 radical (unpaired) electrons. The van der Waals surface area contributed by atoms with Crippen molar-refractivity contribution in [1.82, 2.24) is 0 Å². The van der Waals surface area contributed by atoms with Gasteiger partial charge in [-0.25, -0.2) is 4.99 Å². The topological polar surface area (TPSA) is 41.9 Å². The number of amidine groups is 1. The second-order valence-electron chi connectivity index (χ2n) is 7.78. The van der Waals surface area contributed by atoms with E-state index in [2.05, 4.69) is 15.9 Å². The van der Waals surface area contributed by atoms with Gasteiger partial charge in [-0.3, -0.25) is 9.69 Å². The van der Waals surface area contributed by atoms with Crippen LogP contribution in [0.3, 0.4) is 0 Å². The number of ether oxygens (including phenoxy) is 1. The molecule has 1 amide bonds. The monoisotopic (exact) mass is 540 g/mol. The Balaban J connectivity index is 1.41. The number of para-hydroxylation sites is 2. The van der Waals surface area contributed by atoms with Crippen LogP contribution in [0.5, 0.6) is 5.75 Å². The van der Waals surface area contributed by atoms with Gasteiger partial charge in [0.05, 0.1) is 20.8 Å². The van der Waals surface area contributed by atoms with Crippen LogP contribution in [0.25, 0.3) is 6.08 Å². The Morgan fingerprint density at radius 3 is 2.20 bits per heavy atom. The number of nitrogens with zero attached hydrogens (tertiary/aromatic N) is 2. The van der Waals surface area contributed by atoms with E-state index in [0.717, 1.165) is 32.7 Å². The maximum absolute atomic E-state index is 13.4. The highest BCUT2D eigenvalue weighted by molar-refractivity contribution is 9.10. The molecule has 0 aromatic heterocycles. The normalized spacial score (nSPS) is 15.7. The van der Waals surface area contributed by atoms with E-state index in [0.29, 0.717) is 16.7 Å². The zero-order valence-corrected chi connectivity index (χ0v) is 21.1. The maximum atomic E-state index is 13.4. The van der Waals surface area contributed by atoms with E-state index in [-0.39, 0.29) is 5.91 Å². The lowest BCUT2D eigenvalue weighted by Gasteiger charge is -2.15. The van der Waals surface area contributed by atoms with Crippen molar-refractivity contribution in [3.63, 3.8) is 0 Å². The number of rotatable bonds is 6. The molecule has 1 heterocycles. The highest BCUT2D eigenvalue weighted by Gasteiger charge is 2.34. The van der Waals surface area contributed by atoms with Gasteiger partial charge in [0.1, 0.15) is 12.4 Å². The summed E-state index contributed by atoms with van der Waals surface area (Å²) < 4.78 is 6.79. The molecular weight excluding hydrogens is 520 g/mol. The summed E-state index contributed by atoms with van der Waals surface area (Å²) in [4.78, 5) is 20.5. The van der Waals surface area contributed by atoms with Crippen LogP contribution in [-0.4, -0.2) is 11.1 Å². The fraction of sp³-hybridized carbons (Fsp3) is 0.0345. The summed E-state index contributed by atoms with van der Waals surface area (Å²) in [5.74, 6) is 0.648. The third-order valence-corrected chi connectivity index (χ3v) is 6.88. The minimum atomic E-state index is -0.101. The van der Waals surface area contributed by atoms with Crippen LogP contribution in [0.15, 0.2) is 124 Å². The van der Waals surface area contributed by atoms with Gasteiger partial charge in [0.2, 0.25) is 0 Å². The molecule has 0 aliphatic carbocycles. The second-order valence-corrected chi connectivity index (χ2v) is 9.64. The van der Waals surface area contributed by atoms with Crippen molar-refractivity contribution in [2.24, 2.45) is 4.99 Å². The lowest BCUT2D eigenvalue weighted by atomic mass is 10.2. The van der Waals surface area contributed by atoms with Gasteiger partial charge < -0.3 is 4.74 Å². The Bertz CT molecular complexity index is 1390. The predicted octanol–water partition coefficient (Wildman–Crippen LogP) is 7.84. The lowest BCUT2D eigenvalue weighted by molar-refractivity contribution is -0.113. The van der Waals surface area contributed by atoms with E-state index in [1.54, 1.807) is 4.90 Å². The van der Waals surface area contributed by atoms with Crippen LogP contribution in [0, 0.1) is 0 Å². The minimum absolute atomic E-state index is 0.101. The Kier molecular flexibility index (Phi) is 7.12. The summed E-state index contributed by atoms with van der Waals surface area (Å²) in [5, 5.41) is 0.625. The van der Waals surface area contributed by atoms with Crippen molar-refractivity contribution in [2.45, 2.75) is 6.61 Å². The van der Waals surface area contributed by atoms with Crippen molar-refractivity contribution in [3.8, 4) is 5.75 Å². The molecule has 35 heavy (non-hydrogen) atoms. The van der Waals surface area contributed by atoms with Crippen LogP contribution in [-0.2, 0) is 11.4 Å². The summed E-state index contributed by atoms with van der Waals surface area (Å²) in [5.41, 5.74) is 3.58. The molecule has 4 aromatic carbocycles. The van der Waals surface area contributed by atoms with E-state index in [1.165, 1.54) is 11.8 Å². The van der Waals surface area contributed by atoms with Crippen molar-refractivity contribution in [2.75, 3.05) is 4.90 Å². The molecule has 0 N–H and O–H groups in total. The van der Waals surface area contributed by atoms with Crippen molar-refractivity contribution >= 4 is 56.2 Å². The van der Waals surface area contributed by atoms with Gasteiger partial charge in [0, 0.05) is 0 Å². The first-order chi connectivity index (χ1) is 17.2. The number of hydrogen-bond acceptors (Lipinski definition) is 4. The summed E-state index contributed by atoms with van der Waals surface area (Å²) in [6.07, 6.45) is 1.89. The summed E-state index contributed by atoms with van der Waals surface area (Å²) in [6, 6.07) is 35.1. The molecule has 172 valence electrons. The fourth-order valence-electron chi connectivity index (χ4n) is 3.58. The number of hydrogen-bond donors (Lipinski definition) is 0. The summed E-state index contributed by atoms with van der Waals surface area (Å²) >= 11 is 4.98. The average molecular weight is 541 g/mol. The third-order valence-electron chi connectivity index (χ3n) is 5.29. The van der Waals surface area contributed by atoms with Crippen LogP contribution >= 0.6 is 27.7 Å². The highest BCUT2D eigenvalue weighted by atomic mass is 79.9.